The zero-order valence-electron chi connectivity index (χ0n) is 9.64. The van der Waals surface area contributed by atoms with Crippen LogP contribution in [-0.4, -0.2) is 26.7 Å². The minimum absolute atomic E-state index is 0.0588. The SMILES string of the molecule is CCOC(=O)CS(=O)(=O)Nc1c(N)cccc1Cl. The number of para-hydroxylation sites is 1. The van der Waals surface area contributed by atoms with E-state index >= 15 is 0 Å². The molecule has 0 unspecified atom stereocenters. The van der Waals surface area contributed by atoms with Crippen LogP contribution < -0.4 is 10.5 Å². The Balaban J connectivity index is 2.86. The summed E-state index contributed by atoms with van der Waals surface area (Å²) in [6.45, 7) is 1.70. The molecular weight excluding hydrogens is 280 g/mol. The van der Waals surface area contributed by atoms with Crippen molar-refractivity contribution in [1.82, 2.24) is 0 Å². The molecule has 1 aromatic carbocycles. The zero-order valence-corrected chi connectivity index (χ0v) is 11.2. The Labute approximate surface area is 110 Å². The Morgan fingerprint density at radius 2 is 2.17 bits per heavy atom. The summed E-state index contributed by atoms with van der Waals surface area (Å²) in [5.74, 6) is -1.62. The maximum absolute atomic E-state index is 11.7. The number of nitrogen functional groups attached to an aromatic ring is 1. The quantitative estimate of drug-likeness (QED) is 0.628. The van der Waals surface area contributed by atoms with Crippen LogP contribution in [0.25, 0.3) is 0 Å². The number of nitrogens with one attached hydrogen (secondary N) is 1. The lowest BCUT2D eigenvalue weighted by molar-refractivity contribution is -0.139. The first-order valence-electron chi connectivity index (χ1n) is 5.06. The molecule has 1 rings (SSSR count). The van der Waals surface area contributed by atoms with Crippen LogP contribution in [0.4, 0.5) is 11.4 Å². The van der Waals surface area contributed by atoms with Gasteiger partial charge in [-0.05, 0) is 19.1 Å². The molecule has 0 aliphatic rings. The van der Waals surface area contributed by atoms with E-state index in [4.69, 9.17) is 17.3 Å². The summed E-state index contributed by atoms with van der Waals surface area (Å²) >= 11 is 5.81. The highest BCUT2D eigenvalue weighted by molar-refractivity contribution is 7.93. The molecule has 0 bridgehead atoms. The van der Waals surface area contributed by atoms with E-state index in [0.29, 0.717) is 0 Å². The van der Waals surface area contributed by atoms with Gasteiger partial charge in [0.1, 0.15) is 0 Å². The first kappa shape index (κ1) is 14.6. The lowest BCUT2D eigenvalue weighted by Crippen LogP contribution is -2.25. The van der Waals surface area contributed by atoms with E-state index in [2.05, 4.69) is 9.46 Å². The van der Waals surface area contributed by atoms with Crippen LogP contribution in [0, 0.1) is 0 Å². The molecule has 6 nitrogen and oxygen atoms in total. The second-order valence-electron chi connectivity index (χ2n) is 3.37. The van der Waals surface area contributed by atoms with Crippen LogP contribution in [0.2, 0.25) is 5.02 Å². The molecule has 0 aliphatic carbocycles. The maximum Gasteiger partial charge on any atom is 0.323 e. The van der Waals surface area contributed by atoms with Crippen LogP contribution in [0.1, 0.15) is 6.92 Å². The lowest BCUT2D eigenvalue weighted by Gasteiger charge is -2.11. The fourth-order valence-electron chi connectivity index (χ4n) is 1.20. The smallest absolute Gasteiger partial charge is 0.323 e. The Morgan fingerprint density at radius 1 is 1.50 bits per heavy atom. The van der Waals surface area contributed by atoms with Gasteiger partial charge in [0.25, 0.3) is 0 Å². The molecule has 0 atom stereocenters. The first-order valence-corrected chi connectivity index (χ1v) is 7.09. The van der Waals surface area contributed by atoms with Crippen molar-refractivity contribution in [2.24, 2.45) is 0 Å². The first-order chi connectivity index (χ1) is 8.35. The molecule has 18 heavy (non-hydrogen) atoms. The summed E-state index contributed by atoms with van der Waals surface area (Å²) in [5, 5.41) is 0.155. The van der Waals surface area contributed by atoms with Gasteiger partial charge in [-0.2, -0.15) is 0 Å². The number of sulfonamides is 1. The average molecular weight is 293 g/mol. The van der Waals surface area contributed by atoms with Gasteiger partial charge >= 0.3 is 5.97 Å². The van der Waals surface area contributed by atoms with Crippen molar-refractivity contribution in [1.29, 1.82) is 0 Å². The van der Waals surface area contributed by atoms with E-state index in [-0.39, 0.29) is 23.0 Å². The zero-order chi connectivity index (χ0) is 13.8. The van der Waals surface area contributed by atoms with Crippen molar-refractivity contribution in [3.05, 3.63) is 23.2 Å². The minimum Gasteiger partial charge on any atom is -0.465 e. The molecule has 0 fully saturated rings. The topological polar surface area (TPSA) is 98.5 Å². The van der Waals surface area contributed by atoms with Gasteiger partial charge in [0.2, 0.25) is 10.0 Å². The molecule has 8 heteroatoms. The van der Waals surface area contributed by atoms with Gasteiger partial charge < -0.3 is 10.5 Å². The number of nitrogens with two attached hydrogens (primary N) is 1. The van der Waals surface area contributed by atoms with E-state index in [9.17, 15) is 13.2 Å². The predicted molar refractivity (Wildman–Crippen MR) is 69.9 cm³/mol. The summed E-state index contributed by atoms with van der Waals surface area (Å²) in [6.07, 6.45) is 0. The Kier molecular flexibility index (Phi) is 4.80. The molecule has 0 saturated carbocycles. The van der Waals surface area contributed by atoms with Crippen LogP contribution in [0.3, 0.4) is 0 Å². The number of ether oxygens (including phenoxy) is 1. The van der Waals surface area contributed by atoms with Gasteiger partial charge in [-0.3, -0.25) is 9.52 Å². The number of carbonyl (C=O) groups excluding carboxylic acids is 1. The second-order valence-corrected chi connectivity index (χ2v) is 5.50. The molecule has 0 saturated heterocycles. The highest BCUT2D eigenvalue weighted by Gasteiger charge is 2.19. The Hall–Kier alpha value is -1.47. The third-order valence-electron chi connectivity index (χ3n) is 1.92. The summed E-state index contributed by atoms with van der Waals surface area (Å²) in [6, 6.07) is 4.56. The number of anilines is 2. The van der Waals surface area contributed by atoms with Crippen LogP contribution in [0.5, 0.6) is 0 Å². The summed E-state index contributed by atoms with van der Waals surface area (Å²) < 4.78 is 30.0. The molecule has 0 aliphatic heterocycles. The molecule has 1 aromatic rings. The number of hydrogen-bond acceptors (Lipinski definition) is 5. The summed E-state index contributed by atoms with van der Waals surface area (Å²) in [4.78, 5) is 11.1. The predicted octanol–water partition coefficient (Wildman–Crippen LogP) is 1.23. The lowest BCUT2D eigenvalue weighted by atomic mass is 10.3. The van der Waals surface area contributed by atoms with E-state index in [0.717, 1.165) is 0 Å². The molecule has 0 heterocycles. The van der Waals surface area contributed by atoms with Gasteiger partial charge in [-0.1, -0.05) is 17.7 Å². The molecule has 0 amide bonds. The maximum atomic E-state index is 11.7. The number of esters is 1. The third kappa shape index (κ3) is 4.08. The molecule has 0 spiro atoms. The number of carbonyl (C=O) groups is 1. The van der Waals surface area contributed by atoms with Gasteiger partial charge in [0.05, 0.1) is 23.0 Å². The van der Waals surface area contributed by atoms with Gasteiger partial charge in [-0.15, -0.1) is 0 Å². The standard InChI is InChI=1S/C10H13ClN2O4S/c1-2-17-9(14)6-18(15,16)13-10-7(11)4-3-5-8(10)12/h3-5,13H,2,6,12H2,1H3. The van der Waals surface area contributed by atoms with Crippen LogP contribution >= 0.6 is 11.6 Å². The van der Waals surface area contributed by atoms with E-state index in [1.807, 2.05) is 0 Å². The molecule has 3 N–H and O–H groups in total. The van der Waals surface area contributed by atoms with Gasteiger partial charge in [-0.25, -0.2) is 8.42 Å². The normalized spacial score (nSPS) is 11.0. The van der Waals surface area contributed by atoms with Gasteiger partial charge in [0.15, 0.2) is 5.75 Å². The fraction of sp³-hybridized carbons (Fsp3) is 0.300. The number of hydrogen-bond donors (Lipinski definition) is 2. The van der Waals surface area contributed by atoms with Gasteiger partial charge in [0, 0.05) is 0 Å². The van der Waals surface area contributed by atoms with Crippen molar-refractivity contribution in [3.63, 3.8) is 0 Å². The third-order valence-corrected chi connectivity index (χ3v) is 3.36. The molecule has 0 radical (unpaired) electrons. The van der Waals surface area contributed by atoms with Crippen molar-refractivity contribution >= 4 is 39.0 Å². The largest absolute Gasteiger partial charge is 0.465 e. The van der Waals surface area contributed by atoms with Crippen LogP contribution in [-0.2, 0) is 19.6 Å². The average Bonchev–Trinajstić information content (AvgIpc) is 2.23. The molecular formula is C10H13ClN2O4S. The summed E-state index contributed by atoms with van der Waals surface area (Å²) in [7, 11) is -3.89. The van der Waals surface area contributed by atoms with Crippen molar-refractivity contribution in [3.8, 4) is 0 Å². The Bertz CT molecular complexity index is 525. The number of benzene rings is 1. The van der Waals surface area contributed by atoms with Crippen LogP contribution in [0.15, 0.2) is 18.2 Å². The second kappa shape index (κ2) is 5.92. The minimum atomic E-state index is -3.89. The monoisotopic (exact) mass is 292 g/mol. The highest BCUT2D eigenvalue weighted by Crippen LogP contribution is 2.28. The van der Waals surface area contributed by atoms with E-state index < -0.39 is 21.7 Å². The Morgan fingerprint density at radius 3 is 2.72 bits per heavy atom. The van der Waals surface area contributed by atoms with Crippen molar-refractivity contribution in [2.45, 2.75) is 6.92 Å². The summed E-state index contributed by atoms with van der Waals surface area (Å²) in [5.41, 5.74) is 5.83. The molecule has 0 aromatic heterocycles. The van der Waals surface area contributed by atoms with E-state index in [1.54, 1.807) is 13.0 Å². The van der Waals surface area contributed by atoms with E-state index in [1.165, 1.54) is 12.1 Å². The van der Waals surface area contributed by atoms with Crippen molar-refractivity contribution < 1.29 is 17.9 Å². The highest BCUT2D eigenvalue weighted by atomic mass is 35.5. The fourth-order valence-corrected chi connectivity index (χ4v) is 2.49. The van der Waals surface area contributed by atoms with Crippen molar-refractivity contribution in [2.75, 3.05) is 22.8 Å². The number of halogens is 1. The molecule has 100 valence electrons. The number of rotatable bonds is 5.